The normalized spacial score (nSPS) is 10.1. The van der Waals surface area contributed by atoms with E-state index < -0.39 is 0 Å². The van der Waals surface area contributed by atoms with Gasteiger partial charge in [-0.05, 0) is 30.2 Å². The molecule has 0 spiro atoms. The molecule has 2 aromatic rings. The monoisotopic (exact) mass is 269 g/mol. The second kappa shape index (κ2) is 6.67. The maximum Gasteiger partial charge on any atom is 0.142 e. The number of nitriles is 1. The third kappa shape index (κ3) is 3.33. The van der Waals surface area contributed by atoms with Crippen LogP contribution in [0, 0.1) is 11.3 Å². The van der Waals surface area contributed by atoms with Crippen molar-refractivity contribution < 1.29 is 4.74 Å². The Morgan fingerprint density at radius 1 is 1.35 bits per heavy atom. The third-order valence-electron chi connectivity index (χ3n) is 3.01. The summed E-state index contributed by atoms with van der Waals surface area (Å²) in [5.41, 5.74) is 2.72. The van der Waals surface area contributed by atoms with Crippen LogP contribution in [0.4, 0.5) is 5.69 Å². The second-order valence-electron chi connectivity index (χ2n) is 4.65. The molecule has 0 aliphatic carbocycles. The number of aromatic nitrogens is 1. The molecule has 1 aromatic carbocycles. The minimum atomic E-state index is 0.664. The molecule has 0 unspecified atom stereocenters. The lowest BCUT2D eigenvalue weighted by Gasteiger charge is -2.12. The Kier molecular flexibility index (Phi) is 4.67. The highest BCUT2D eigenvalue weighted by Gasteiger charge is 2.05. The van der Waals surface area contributed by atoms with Gasteiger partial charge >= 0.3 is 0 Å². The van der Waals surface area contributed by atoms with E-state index in [4.69, 9.17) is 10.00 Å². The van der Waals surface area contributed by atoms with E-state index in [0.717, 1.165) is 23.4 Å². The van der Waals surface area contributed by atoms with Gasteiger partial charge in [0, 0.05) is 19.8 Å². The molecule has 20 heavy (non-hydrogen) atoms. The van der Waals surface area contributed by atoms with Crippen LogP contribution in [0.3, 0.4) is 0 Å². The average molecular weight is 269 g/mol. The molecule has 0 bridgehead atoms. The standard InChI is InChI=1S/C16H19N3O/c1-3-8-20-16-7-5-4-6-15(16)18-11-13-9-14(10-17)19(2)12-13/h4-7,9,12,18H,3,8,11H2,1-2H3. The topological polar surface area (TPSA) is 50.0 Å². The molecule has 0 aliphatic heterocycles. The summed E-state index contributed by atoms with van der Waals surface area (Å²) in [6.45, 7) is 3.47. The van der Waals surface area contributed by atoms with Gasteiger partial charge in [0.2, 0.25) is 0 Å². The lowest BCUT2D eigenvalue weighted by Crippen LogP contribution is -2.03. The fraction of sp³-hybridized carbons (Fsp3) is 0.312. The summed E-state index contributed by atoms with van der Waals surface area (Å²) < 4.78 is 7.53. The van der Waals surface area contributed by atoms with Gasteiger partial charge in [-0.25, -0.2) is 0 Å². The van der Waals surface area contributed by atoms with Gasteiger partial charge in [-0.15, -0.1) is 0 Å². The number of hydrogen-bond donors (Lipinski definition) is 1. The Labute approximate surface area is 119 Å². The van der Waals surface area contributed by atoms with Crippen LogP contribution in [0.5, 0.6) is 5.75 Å². The van der Waals surface area contributed by atoms with Gasteiger partial charge in [0.15, 0.2) is 0 Å². The van der Waals surface area contributed by atoms with Crippen molar-refractivity contribution in [1.82, 2.24) is 4.57 Å². The molecule has 0 aliphatic rings. The average Bonchev–Trinajstić information content (AvgIpc) is 2.84. The molecule has 1 heterocycles. The van der Waals surface area contributed by atoms with Crippen molar-refractivity contribution in [2.45, 2.75) is 19.9 Å². The predicted molar refractivity (Wildman–Crippen MR) is 79.7 cm³/mol. The molecule has 0 atom stereocenters. The molecule has 0 fully saturated rings. The minimum absolute atomic E-state index is 0.664. The minimum Gasteiger partial charge on any atom is -0.491 e. The summed E-state index contributed by atoms with van der Waals surface area (Å²) >= 11 is 0. The van der Waals surface area contributed by atoms with Crippen LogP contribution in [-0.4, -0.2) is 11.2 Å². The molecule has 4 nitrogen and oxygen atoms in total. The lowest BCUT2D eigenvalue weighted by atomic mass is 10.2. The van der Waals surface area contributed by atoms with Gasteiger partial charge in [0.1, 0.15) is 17.5 Å². The van der Waals surface area contributed by atoms with Gasteiger partial charge < -0.3 is 14.6 Å². The number of nitrogens with one attached hydrogen (secondary N) is 1. The van der Waals surface area contributed by atoms with Crippen LogP contribution < -0.4 is 10.1 Å². The van der Waals surface area contributed by atoms with E-state index in [1.807, 2.05) is 48.1 Å². The van der Waals surface area contributed by atoms with Gasteiger partial charge in [0.25, 0.3) is 0 Å². The zero-order valence-corrected chi connectivity index (χ0v) is 11.9. The maximum absolute atomic E-state index is 8.95. The van der Waals surface area contributed by atoms with Gasteiger partial charge in [-0.1, -0.05) is 19.1 Å². The SMILES string of the molecule is CCCOc1ccccc1NCc1cc(C#N)n(C)c1. The number of nitrogens with zero attached hydrogens (tertiary/aromatic N) is 2. The van der Waals surface area contributed by atoms with Crippen LogP contribution in [0.15, 0.2) is 36.5 Å². The number of aryl methyl sites for hydroxylation is 1. The number of hydrogen-bond acceptors (Lipinski definition) is 3. The predicted octanol–water partition coefficient (Wildman–Crippen LogP) is 3.30. The summed E-state index contributed by atoms with van der Waals surface area (Å²) in [7, 11) is 1.88. The van der Waals surface area contributed by atoms with E-state index in [2.05, 4.69) is 18.3 Å². The number of rotatable bonds is 6. The Morgan fingerprint density at radius 3 is 2.85 bits per heavy atom. The Morgan fingerprint density at radius 2 is 2.15 bits per heavy atom. The summed E-state index contributed by atoms with van der Waals surface area (Å²) in [4.78, 5) is 0. The van der Waals surface area contributed by atoms with Gasteiger partial charge in [0.05, 0.1) is 12.3 Å². The maximum atomic E-state index is 8.95. The van der Waals surface area contributed by atoms with Crippen molar-refractivity contribution in [3.63, 3.8) is 0 Å². The molecule has 0 saturated heterocycles. The third-order valence-corrected chi connectivity index (χ3v) is 3.01. The number of ether oxygens (including phenoxy) is 1. The molecular formula is C16H19N3O. The Bertz CT molecular complexity index is 610. The number of benzene rings is 1. The quantitative estimate of drug-likeness (QED) is 0.875. The van der Waals surface area contributed by atoms with E-state index in [1.54, 1.807) is 0 Å². The fourth-order valence-electron chi connectivity index (χ4n) is 1.99. The van der Waals surface area contributed by atoms with Crippen LogP contribution in [-0.2, 0) is 13.6 Å². The van der Waals surface area contributed by atoms with E-state index in [-0.39, 0.29) is 0 Å². The van der Waals surface area contributed by atoms with Crippen molar-refractivity contribution in [2.75, 3.05) is 11.9 Å². The van der Waals surface area contributed by atoms with Crippen LogP contribution >= 0.6 is 0 Å². The Balaban J connectivity index is 2.05. The van der Waals surface area contributed by atoms with Gasteiger partial charge in [-0.2, -0.15) is 5.26 Å². The first kappa shape index (κ1) is 14.0. The molecule has 0 radical (unpaired) electrons. The molecule has 2 rings (SSSR count). The van der Waals surface area contributed by atoms with Crippen molar-refractivity contribution in [3.05, 3.63) is 47.8 Å². The zero-order valence-electron chi connectivity index (χ0n) is 11.9. The molecule has 0 amide bonds. The molecular weight excluding hydrogens is 250 g/mol. The highest BCUT2D eigenvalue weighted by molar-refractivity contribution is 5.56. The highest BCUT2D eigenvalue weighted by atomic mass is 16.5. The van der Waals surface area contributed by atoms with E-state index >= 15 is 0 Å². The van der Waals surface area contributed by atoms with E-state index in [1.165, 1.54) is 0 Å². The molecule has 1 aromatic heterocycles. The Hall–Kier alpha value is -2.41. The molecule has 4 heteroatoms. The first-order valence-corrected chi connectivity index (χ1v) is 6.75. The van der Waals surface area contributed by atoms with Crippen molar-refractivity contribution in [3.8, 4) is 11.8 Å². The number of anilines is 1. The highest BCUT2D eigenvalue weighted by Crippen LogP contribution is 2.24. The lowest BCUT2D eigenvalue weighted by molar-refractivity contribution is 0.319. The molecule has 104 valence electrons. The van der Waals surface area contributed by atoms with Crippen molar-refractivity contribution in [1.29, 1.82) is 5.26 Å². The second-order valence-corrected chi connectivity index (χ2v) is 4.65. The summed E-state index contributed by atoms with van der Waals surface area (Å²) in [5, 5.41) is 12.3. The first-order chi connectivity index (χ1) is 9.74. The van der Waals surface area contributed by atoms with E-state index in [9.17, 15) is 0 Å². The van der Waals surface area contributed by atoms with Crippen LogP contribution in [0.1, 0.15) is 24.6 Å². The zero-order chi connectivity index (χ0) is 14.4. The first-order valence-electron chi connectivity index (χ1n) is 6.75. The molecule has 1 N–H and O–H groups in total. The largest absolute Gasteiger partial charge is 0.491 e. The van der Waals surface area contributed by atoms with E-state index in [0.29, 0.717) is 18.8 Å². The fourth-order valence-corrected chi connectivity index (χ4v) is 1.99. The van der Waals surface area contributed by atoms with Crippen molar-refractivity contribution >= 4 is 5.69 Å². The van der Waals surface area contributed by atoms with Crippen LogP contribution in [0.2, 0.25) is 0 Å². The molecule has 0 saturated carbocycles. The smallest absolute Gasteiger partial charge is 0.142 e. The summed E-state index contributed by atoms with van der Waals surface area (Å²) in [6, 6.07) is 12.0. The van der Waals surface area contributed by atoms with Crippen LogP contribution in [0.25, 0.3) is 0 Å². The van der Waals surface area contributed by atoms with Crippen molar-refractivity contribution in [2.24, 2.45) is 7.05 Å². The number of para-hydroxylation sites is 2. The summed E-state index contributed by atoms with van der Waals surface area (Å²) in [6.07, 6.45) is 2.94. The summed E-state index contributed by atoms with van der Waals surface area (Å²) in [5.74, 6) is 0.866. The van der Waals surface area contributed by atoms with Gasteiger partial charge in [-0.3, -0.25) is 0 Å².